The summed E-state index contributed by atoms with van der Waals surface area (Å²) < 4.78 is 5.08. The van der Waals surface area contributed by atoms with Crippen molar-refractivity contribution >= 4 is 17.7 Å². The Morgan fingerprint density at radius 1 is 1.42 bits per heavy atom. The summed E-state index contributed by atoms with van der Waals surface area (Å²) in [5, 5.41) is 4.12. The fourth-order valence-corrected chi connectivity index (χ4v) is 4.08. The van der Waals surface area contributed by atoms with Gasteiger partial charge in [0, 0.05) is 26.1 Å². The molecule has 1 aliphatic heterocycles. The summed E-state index contributed by atoms with van der Waals surface area (Å²) in [5.41, 5.74) is 0. The molecular weight excluding hydrogens is 324 g/mol. The van der Waals surface area contributed by atoms with Gasteiger partial charge in [0.2, 0.25) is 11.8 Å². The number of hydrogen-bond donors (Lipinski definition) is 0. The number of aryl methyl sites for hydroxylation is 1. The third-order valence-corrected chi connectivity index (χ3v) is 5.88. The van der Waals surface area contributed by atoms with Gasteiger partial charge >= 0.3 is 0 Å². The second-order valence-corrected chi connectivity index (χ2v) is 7.38. The third-order valence-electron chi connectivity index (χ3n) is 4.78. The lowest BCUT2D eigenvalue weighted by atomic mass is 10.1. The molecule has 0 spiro atoms. The second-order valence-electron chi connectivity index (χ2n) is 6.34. The standard InChI is InChI=1S/C17H30N4O2S/c1-5-15(24-4)17(22)21-10-7-8-14(9-11-21)20(6-2)12-16-18-13(3)23-19-16/h14-15H,5-12H2,1-4H3. The first-order valence-electron chi connectivity index (χ1n) is 8.93. The molecule has 6 nitrogen and oxygen atoms in total. The van der Waals surface area contributed by atoms with Gasteiger partial charge in [0.1, 0.15) is 0 Å². The fraction of sp³-hybridized carbons (Fsp3) is 0.824. The first-order chi connectivity index (χ1) is 11.6. The van der Waals surface area contributed by atoms with E-state index in [4.69, 9.17) is 4.52 Å². The van der Waals surface area contributed by atoms with Crippen LogP contribution >= 0.6 is 11.8 Å². The molecule has 0 bridgehead atoms. The Balaban J connectivity index is 1.94. The first kappa shape index (κ1) is 19.2. The Hall–Kier alpha value is -1.08. The highest BCUT2D eigenvalue weighted by molar-refractivity contribution is 7.99. The largest absolute Gasteiger partial charge is 0.342 e. The summed E-state index contributed by atoms with van der Waals surface area (Å²) in [5.74, 6) is 1.67. The molecule has 1 fully saturated rings. The van der Waals surface area contributed by atoms with Gasteiger partial charge in [-0.25, -0.2) is 0 Å². The predicted octanol–water partition coefficient (Wildman–Crippen LogP) is 2.72. The maximum absolute atomic E-state index is 12.6. The fourth-order valence-electron chi connectivity index (χ4n) is 3.40. The molecule has 2 heterocycles. The molecule has 7 heteroatoms. The summed E-state index contributed by atoms with van der Waals surface area (Å²) >= 11 is 1.67. The number of carbonyl (C=O) groups is 1. The van der Waals surface area contributed by atoms with Crippen LogP contribution in [0.3, 0.4) is 0 Å². The van der Waals surface area contributed by atoms with Gasteiger partial charge in [0.15, 0.2) is 5.82 Å². The van der Waals surface area contributed by atoms with E-state index >= 15 is 0 Å². The SMILES string of the molecule is CCC(SC)C(=O)N1CCCC(N(CC)Cc2noc(C)n2)CC1. The molecule has 0 N–H and O–H groups in total. The smallest absolute Gasteiger partial charge is 0.235 e. The van der Waals surface area contributed by atoms with Gasteiger partial charge in [-0.2, -0.15) is 16.7 Å². The van der Waals surface area contributed by atoms with E-state index in [2.05, 4.69) is 33.8 Å². The monoisotopic (exact) mass is 354 g/mol. The normalized spacial score (nSPS) is 20.2. The van der Waals surface area contributed by atoms with Crippen LogP contribution in [0.25, 0.3) is 0 Å². The van der Waals surface area contributed by atoms with Crippen LogP contribution in [0.4, 0.5) is 0 Å². The summed E-state index contributed by atoms with van der Waals surface area (Å²) in [4.78, 5) is 21.4. The number of nitrogens with zero attached hydrogens (tertiary/aromatic N) is 4. The maximum atomic E-state index is 12.6. The van der Waals surface area contributed by atoms with Crippen LogP contribution in [0, 0.1) is 6.92 Å². The summed E-state index contributed by atoms with van der Waals surface area (Å²) in [6, 6.07) is 0.473. The highest BCUT2D eigenvalue weighted by Crippen LogP contribution is 2.21. The van der Waals surface area contributed by atoms with E-state index in [0.29, 0.717) is 17.8 Å². The number of aromatic nitrogens is 2. The van der Waals surface area contributed by atoms with Crippen molar-refractivity contribution in [2.24, 2.45) is 0 Å². The van der Waals surface area contributed by atoms with Gasteiger partial charge in [-0.1, -0.05) is 19.0 Å². The van der Waals surface area contributed by atoms with Gasteiger partial charge in [0.05, 0.1) is 11.8 Å². The van der Waals surface area contributed by atoms with Crippen LogP contribution < -0.4 is 0 Å². The van der Waals surface area contributed by atoms with Gasteiger partial charge < -0.3 is 9.42 Å². The molecule has 1 aromatic rings. The topological polar surface area (TPSA) is 62.5 Å². The van der Waals surface area contributed by atoms with E-state index in [-0.39, 0.29) is 5.25 Å². The van der Waals surface area contributed by atoms with E-state index in [1.54, 1.807) is 11.8 Å². The van der Waals surface area contributed by atoms with E-state index in [1.165, 1.54) is 0 Å². The number of likely N-dealkylation sites (tertiary alicyclic amines) is 1. The van der Waals surface area contributed by atoms with Crippen molar-refractivity contribution in [2.45, 2.75) is 64.3 Å². The van der Waals surface area contributed by atoms with Crippen molar-refractivity contribution < 1.29 is 9.32 Å². The van der Waals surface area contributed by atoms with Crippen molar-refractivity contribution in [3.8, 4) is 0 Å². The summed E-state index contributed by atoms with van der Waals surface area (Å²) in [6.07, 6.45) is 6.12. The zero-order chi connectivity index (χ0) is 17.5. The molecule has 1 saturated heterocycles. The molecule has 0 saturated carbocycles. The molecule has 1 aromatic heterocycles. The van der Waals surface area contributed by atoms with Gasteiger partial charge in [-0.3, -0.25) is 9.69 Å². The van der Waals surface area contributed by atoms with Crippen molar-refractivity contribution in [3.05, 3.63) is 11.7 Å². The molecule has 0 radical (unpaired) electrons. The number of rotatable bonds is 7. The van der Waals surface area contributed by atoms with E-state index < -0.39 is 0 Å². The zero-order valence-electron chi connectivity index (χ0n) is 15.3. The first-order valence-corrected chi connectivity index (χ1v) is 10.2. The van der Waals surface area contributed by atoms with Gasteiger partial charge in [-0.05, 0) is 38.5 Å². The molecule has 1 amide bonds. The predicted molar refractivity (Wildman–Crippen MR) is 96.9 cm³/mol. The quantitative estimate of drug-likeness (QED) is 0.750. The Bertz CT molecular complexity index is 518. The minimum absolute atomic E-state index is 0.103. The van der Waals surface area contributed by atoms with E-state index in [0.717, 1.165) is 57.7 Å². The molecular formula is C17H30N4O2S. The zero-order valence-corrected chi connectivity index (χ0v) is 16.1. The number of thioether (sulfide) groups is 1. The maximum Gasteiger partial charge on any atom is 0.235 e. The molecule has 1 aliphatic rings. The van der Waals surface area contributed by atoms with Crippen LogP contribution in [-0.2, 0) is 11.3 Å². The van der Waals surface area contributed by atoms with Crippen LogP contribution in [0.1, 0.15) is 51.2 Å². The summed E-state index contributed by atoms with van der Waals surface area (Å²) in [7, 11) is 0. The molecule has 2 unspecified atom stereocenters. The molecule has 2 rings (SSSR count). The van der Waals surface area contributed by atoms with Gasteiger partial charge in [-0.15, -0.1) is 0 Å². The average Bonchev–Trinajstić information content (AvgIpc) is 2.85. The Morgan fingerprint density at radius 2 is 2.21 bits per heavy atom. The number of carbonyl (C=O) groups excluding carboxylic acids is 1. The molecule has 0 aliphatic carbocycles. The number of amides is 1. The minimum Gasteiger partial charge on any atom is -0.342 e. The van der Waals surface area contributed by atoms with Gasteiger partial charge in [0.25, 0.3) is 0 Å². The third kappa shape index (κ3) is 4.96. The van der Waals surface area contributed by atoms with Crippen molar-refractivity contribution in [2.75, 3.05) is 25.9 Å². The lowest BCUT2D eigenvalue weighted by Gasteiger charge is -2.29. The Morgan fingerprint density at radius 3 is 2.79 bits per heavy atom. The highest BCUT2D eigenvalue weighted by atomic mass is 32.2. The second kappa shape index (κ2) is 9.42. The summed E-state index contributed by atoms with van der Waals surface area (Å²) in [6.45, 7) is 9.47. The lowest BCUT2D eigenvalue weighted by molar-refractivity contribution is -0.130. The number of hydrogen-bond acceptors (Lipinski definition) is 6. The molecule has 2 atom stereocenters. The van der Waals surface area contributed by atoms with Crippen LogP contribution in [0.15, 0.2) is 4.52 Å². The van der Waals surface area contributed by atoms with Crippen LogP contribution in [0.2, 0.25) is 0 Å². The van der Waals surface area contributed by atoms with Crippen molar-refractivity contribution in [3.63, 3.8) is 0 Å². The molecule has 0 aromatic carbocycles. The Labute approximate surface area is 149 Å². The molecule has 136 valence electrons. The average molecular weight is 355 g/mol. The van der Waals surface area contributed by atoms with Crippen LogP contribution in [0.5, 0.6) is 0 Å². The lowest BCUT2D eigenvalue weighted by Crippen LogP contribution is -2.39. The van der Waals surface area contributed by atoms with Crippen molar-refractivity contribution in [1.82, 2.24) is 19.9 Å². The van der Waals surface area contributed by atoms with Crippen LogP contribution in [-0.4, -0.2) is 63.0 Å². The Kier molecular flexibility index (Phi) is 7.55. The highest BCUT2D eigenvalue weighted by Gasteiger charge is 2.27. The van der Waals surface area contributed by atoms with E-state index in [1.807, 2.05) is 13.2 Å². The van der Waals surface area contributed by atoms with E-state index in [9.17, 15) is 4.79 Å². The van der Waals surface area contributed by atoms with Crippen molar-refractivity contribution in [1.29, 1.82) is 0 Å². The molecule has 24 heavy (non-hydrogen) atoms. The minimum atomic E-state index is 0.103.